The molecule has 0 radical (unpaired) electrons. The molecule has 4 rings (SSSR count). The van der Waals surface area contributed by atoms with Crippen LogP contribution in [0.3, 0.4) is 0 Å². The van der Waals surface area contributed by atoms with Gasteiger partial charge in [0.1, 0.15) is 11.8 Å². The van der Waals surface area contributed by atoms with Crippen LogP contribution in [0.4, 0.5) is 0 Å². The molecule has 0 spiro atoms. The number of methoxy groups -OCH3 is 1. The number of carbonyl (C=O) groups excluding carboxylic acids is 2. The summed E-state index contributed by atoms with van der Waals surface area (Å²) in [7, 11) is -1.95. The van der Waals surface area contributed by atoms with Gasteiger partial charge in [-0.05, 0) is 60.2 Å². The molecule has 9 heteroatoms. The molecule has 1 atom stereocenters. The van der Waals surface area contributed by atoms with Gasteiger partial charge in [0, 0.05) is 25.6 Å². The number of benzene rings is 3. The van der Waals surface area contributed by atoms with E-state index in [9.17, 15) is 18.0 Å². The fourth-order valence-electron chi connectivity index (χ4n) is 4.35. The van der Waals surface area contributed by atoms with Gasteiger partial charge >= 0.3 is 0 Å². The van der Waals surface area contributed by atoms with Gasteiger partial charge in [-0.2, -0.15) is 0 Å². The Morgan fingerprint density at radius 2 is 1.65 bits per heavy atom. The molecule has 3 aromatic rings. The van der Waals surface area contributed by atoms with Crippen molar-refractivity contribution in [1.82, 2.24) is 14.9 Å². The Balaban J connectivity index is 1.56. The highest BCUT2D eigenvalue weighted by atomic mass is 32.2. The Hall–Kier alpha value is -3.95. The Labute approximate surface area is 236 Å². The molecular weight excluding hydrogens is 526 g/mol. The zero-order valence-electron chi connectivity index (χ0n) is 22.6. The molecule has 0 aliphatic heterocycles. The summed E-state index contributed by atoms with van der Waals surface area (Å²) in [5.41, 5.74) is 2.38. The number of amides is 2. The largest absolute Gasteiger partial charge is 0.497 e. The second-order valence-corrected chi connectivity index (χ2v) is 11.5. The molecule has 210 valence electrons. The van der Waals surface area contributed by atoms with E-state index in [0.717, 1.165) is 24.0 Å². The normalized spacial score (nSPS) is 13.7. The summed E-state index contributed by atoms with van der Waals surface area (Å²) in [6, 6.07) is 22.4. The van der Waals surface area contributed by atoms with Crippen molar-refractivity contribution in [1.29, 1.82) is 0 Å². The molecule has 1 saturated carbocycles. The fourth-order valence-corrected chi connectivity index (χ4v) is 5.65. The van der Waals surface area contributed by atoms with Crippen LogP contribution in [0.2, 0.25) is 0 Å². The maximum atomic E-state index is 13.8. The number of aryl methyl sites for hydroxylation is 1. The number of rotatable bonds is 14. The highest BCUT2D eigenvalue weighted by Crippen LogP contribution is 2.26. The van der Waals surface area contributed by atoms with Crippen LogP contribution in [0.1, 0.15) is 42.0 Å². The lowest BCUT2D eigenvalue weighted by molar-refractivity contribution is -0.141. The Kier molecular flexibility index (Phi) is 9.74. The minimum absolute atomic E-state index is 0.0280. The van der Waals surface area contributed by atoms with Crippen LogP contribution in [0.25, 0.3) is 0 Å². The maximum Gasteiger partial charge on any atom is 0.247 e. The molecule has 8 nitrogen and oxygen atoms in total. The van der Waals surface area contributed by atoms with E-state index < -0.39 is 16.1 Å². The van der Waals surface area contributed by atoms with Gasteiger partial charge in [0.2, 0.25) is 21.8 Å². The summed E-state index contributed by atoms with van der Waals surface area (Å²) >= 11 is 0. The number of hydrogen-bond acceptors (Lipinski definition) is 5. The smallest absolute Gasteiger partial charge is 0.247 e. The summed E-state index contributed by atoms with van der Waals surface area (Å²) in [5.74, 6) is 0.193. The van der Waals surface area contributed by atoms with Crippen molar-refractivity contribution in [3.63, 3.8) is 0 Å². The highest BCUT2D eigenvalue weighted by molar-refractivity contribution is 7.89. The number of ether oxygens (including phenoxy) is 1. The number of sulfonamides is 1. The van der Waals surface area contributed by atoms with E-state index in [2.05, 4.69) is 16.6 Å². The summed E-state index contributed by atoms with van der Waals surface area (Å²) in [6.45, 7) is 4.17. The zero-order valence-corrected chi connectivity index (χ0v) is 23.4. The predicted octanol–water partition coefficient (Wildman–Crippen LogP) is 4.14. The van der Waals surface area contributed by atoms with Crippen molar-refractivity contribution in [2.75, 3.05) is 13.7 Å². The number of carbonyl (C=O) groups is 2. The molecule has 0 heterocycles. The Morgan fingerprint density at radius 3 is 2.25 bits per heavy atom. The maximum absolute atomic E-state index is 13.8. The zero-order chi connectivity index (χ0) is 28.5. The number of hydrogen-bond donors (Lipinski definition) is 2. The third-order valence-corrected chi connectivity index (χ3v) is 8.23. The molecule has 1 aliphatic carbocycles. The molecule has 3 aromatic carbocycles. The van der Waals surface area contributed by atoms with Crippen LogP contribution in [0.5, 0.6) is 5.75 Å². The first-order valence-corrected chi connectivity index (χ1v) is 14.8. The SMILES string of the molecule is C=CCNC(=O)C(c1ccccc1)N(Cc1ccc(OC)cc1)C(=O)CCc1ccc(S(=O)(=O)NC2CC2)cc1. The first-order valence-electron chi connectivity index (χ1n) is 13.3. The monoisotopic (exact) mass is 561 g/mol. The summed E-state index contributed by atoms with van der Waals surface area (Å²) in [5, 5.41) is 2.85. The van der Waals surface area contributed by atoms with Crippen molar-refractivity contribution in [3.8, 4) is 5.75 Å². The second-order valence-electron chi connectivity index (χ2n) is 9.76. The number of nitrogens with one attached hydrogen (secondary N) is 2. The minimum Gasteiger partial charge on any atom is -0.497 e. The van der Waals surface area contributed by atoms with Crippen LogP contribution in [-0.2, 0) is 32.6 Å². The minimum atomic E-state index is -3.54. The average Bonchev–Trinajstić information content (AvgIpc) is 3.79. The molecule has 2 amide bonds. The van der Waals surface area contributed by atoms with Crippen LogP contribution in [0.15, 0.2) is 96.4 Å². The topological polar surface area (TPSA) is 105 Å². The predicted molar refractivity (Wildman–Crippen MR) is 154 cm³/mol. The van der Waals surface area contributed by atoms with Crippen molar-refractivity contribution in [3.05, 3.63) is 108 Å². The fraction of sp³-hybridized carbons (Fsp3) is 0.290. The highest BCUT2D eigenvalue weighted by Gasteiger charge is 2.31. The second kappa shape index (κ2) is 13.4. The van der Waals surface area contributed by atoms with E-state index in [4.69, 9.17) is 4.74 Å². The average molecular weight is 562 g/mol. The molecule has 0 bridgehead atoms. The lowest BCUT2D eigenvalue weighted by atomic mass is 10.0. The van der Waals surface area contributed by atoms with Gasteiger partial charge in [0.15, 0.2) is 0 Å². The molecular formula is C31H35N3O5S. The van der Waals surface area contributed by atoms with Crippen LogP contribution in [0, 0.1) is 0 Å². The first-order chi connectivity index (χ1) is 19.3. The molecule has 0 aromatic heterocycles. The van der Waals surface area contributed by atoms with Gasteiger partial charge in [-0.3, -0.25) is 9.59 Å². The van der Waals surface area contributed by atoms with Crippen molar-refractivity contribution < 1.29 is 22.7 Å². The summed E-state index contributed by atoms with van der Waals surface area (Å²) in [4.78, 5) is 29.0. The molecule has 40 heavy (non-hydrogen) atoms. The quantitative estimate of drug-likeness (QED) is 0.288. The summed E-state index contributed by atoms with van der Waals surface area (Å²) < 4.78 is 32.9. The van der Waals surface area contributed by atoms with Gasteiger partial charge in [0.05, 0.1) is 12.0 Å². The van der Waals surface area contributed by atoms with Gasteiger partial charge < -0.3 is 15.0 Å². The first kappa shape index (κ1) is 29.0. The van der Waals surface area contributed by atoms with E-state index in [1.807, 2.05) is 54.6 Å². The Bertz CT molecular complexity index is 1400. The van der Waals surface area contributed by atoms with E-state index in [-0.39, 0.29) is 42.3 Å². The molecule has 1 unspecified atom stereocenters. The molecule has 0 saturated heterocycles. The van der Waals surface area contributed by atoms with Crippen LogP contribution < -0.4 is 14.8 Å². The Morgan fingerprint density at radius 1 is 1.00 bits per heavy atom. The van der Waals surface area contributed by atoms with Crippen molar-refractivity contribution in [2.45, 2.75) is 49.2 Å². The standard InChI is InChI=1S/C31H35N3O5S/c1-3-21-32-31(36)30(25-7-5-4-6-8-25)34(22-24-9-16-27(39-2)17-10-24)29(35)20-13-23-11-18-28(19-12-23)40(37,38)33-26-14-15-26/h3-12,16-19,26,30,33H,1,13-15,20-22H2,2H3,(H,32,36). The number of nitrogens with zero attached hydrogens (tertiary/aromatic N) is 1. The van der Waals surface area contributed by atoms with Gasteiger partial charge in [0.25, 0.3) is 0 Å². The third-order valence-electron chi connectivity index (χ3n) is 6.69. The van der Waals surface area contributed by atoms with Crippen molar-refractivity contribution >= 4 is 21.8 Å². The molecule has 1 aliphatic rings. The van der Waals surface area contributed by atoms with Gasteiger partial charge in [-0.15, -0.1) is 6.58 Å². The van der Waals surface area contributed by atoms with E-state index >= 15 is 0 Å². The molecule has 2 N–H and O–H groups in total. The van der Waals surface area contributed by atoms with E-state index in [1.165, 1.54) is 0 Å². The van der Waals surface area contributed by atoms with Crippen LogP contribution >= 0.6 is 0 Å². The summed E-state index contributed by atoms with van der Waals surface area (Å²) in [6.07, 6.45) is 3.86. The molecule has 1 fully saturated rings. The van der Waals surface area contributed by atoms with E-state index in [0.29, 0.717) is 17.7 Å². The third kappa shape index (κ3) is 7.80. The lowest BCUT2D eigenvalue weighted by Crippen LogP contribution is -2.43. The van der Waals surface area contributed by atoms with Crippen molar-refractivity contribution in [2.24, 2.45) is 0 Å². The van der Waals surface area contributed by atoms with Gasteiger partial charge in [-0.25, -0.2) is 13.1 Å². The van der Waals surface area contributed by atoms with Crippen LogP contribution in [-0.4, -0.2) is 44.8 Å². The van der Waals surface area contributed by atoms with Gasteiger partial charge in [-0.1, -0.05) is 60.7 Å². The van der Waals surface area contributed by atoms with E-state index in [1.54, 1.807) is 42.4 Å². The lowest BCUT2D eigenvalue weighted by Gasteiger charge is -2.31.